The predicted octanol–water partition coefficient (Wildman–Crippen LogP) is -0.0465. The molecule has 0 bridgehead atoms. The molecular weight excluding hydrogens is 301 g/mol. The van der Waals surface area contributed by atoms with Crippen LogP contribution in [0.1, 0.15) is 19.8 Å². The molecule has 2 amide bonds. The van der Waals surface area contributed by atoms with Crippen LogP contribution >= 0.6 is 0 Å². The van der Waals surface area contributed by atoms with Crippen molar-refractivity contribution in [2.75, 3.05) is 18.8 Å². The van der Waals surface area contributed by atoms with E-state index in [-0.39, 0.29) is 25.3 Å². The highest BCUT2D eigenvalue weighted by Crippen LogP contribution is 2.26. The van der Waals surface area contributed by atoms with Gasteiger partial charge in [-0.2, -0.15) is 13.2 Å². The summed E-state index contributed by atoms with van der Waals surface area (Å²) in [5, 5.41) is 4.65. The topological polar surface area (TPSA) is 92.3 Å². The first-order chi connectivity index (χ1) is 8.98. The summed E-state index contributed by atoms with van der Waals surface area (Å²) in [6.45, 7) is 1.01. The van der Waals surface area contributed by atoms with Crippen LogP contribution in [0.3, 0.4) is 0 Å². The molecule has 0 aromatic rings. The van der Waals surface area contributed by atoms with Gasteiger partial charge >= 0.3 is 5.51 Å². The molecule has 0 aromatic heterocycles. The molecule has 1 heterocycles. The van der Waals surface area contributed by atoms with E-state index in [4.69, 9.17) is 0 Å². The lowest BCUT2D eigenvalue weighted by molar-refractivity contribution is -0.134. The molecule has 1 atom stereocenters. The fourth-order valence-electron chi connectivity index (χ4n) is 1.68. The van der Waals surface area contributed by atoms with Gasteiger partial charge in [-0.05, 0) is 13.3 Å². The quantitative estimate of drug-likeness (QED) is 0.761. The van der Waals surface area contributed by atoms with Gasteiger partial charge < -0.3 is 10.6 Å². The van der Waals surface area contributed by atoms with Crippen LogP contribution < -0.4 is 10.6 Å². The highest BCUT2D eigenvalue weighted by molar-refractivity contribution is 7.92. The molecule has 1 fully saturated rings. The van der Waals surface area contributed by atoms with Gasteiger partial charge in [0.05, 0.1) is 11.2 Å². The van der Waals surface area contributed by atoms with E-state index in [0.29, 0.717) is 0 Å². The molecule has 20 heavy (non-hydrogen) atoms. The maximum atomic E-state index is 12.1. The largest absolute Gasteiger partial charge is 0.497 e. The summed E-state index contributed by atoms with van der Waals surface area (Å²) in [6.07, 6.45) is 0.404. The van der Waals surface area contributed by atoms with E-state index in [0.717, 1.165) is 0 Å². The van der Waals surface area contributed by atoms with Crippen molar-refractivity contribution in [1.82, 2.24) is 10.6 Å². The van der Waals surface area contributed by atoms with Gasteiger partial charge in [0.2, 0.25) is 21.7 Å². The van der Waals surface area contributed by atoms with E-state index in [9.17, 15) is 31.2 Å². The van der Waals surface area contributed by atoms with Crippen molar-refractivity contribution in [2.24, 2.45) is 5.41 Å². The van der Waals surface area contributed by atoms with E-state index < -0.39 is 39.0 Å². The first kappa shape index (κ1) is 16.7. The molecule has 1 saturated heterocycles. The summed E-state index contributed by atoms with van der Waals surface area (Å²) < 4.78 is 57.8. The molecule has 0 radical (unpaired) electrons. The standard InChI is InChI=1S/C10H15F3N2O4S/c1-9(3-2-7(16)15-6-9)8(17)14-4-5-20(18,19)10(11,12)13/h2-6H2,1H3,(H,14,17)(H,15,16). The number of piperidine rings is 1. The fraction of sp³-hybridized carbons (Fsp3) is 0.800. The molecule has 1 unspecified atom stereocenters. The van der Waals surface area contributed by atoms with Crippen LogP contribution in [0.25, 0.3) is 0 Å². The van der Waals surface area contributed by atoms with E-state index in [1.165, 1.54) is 0 Å². The maximum absolute atomic E-state index is 12.1. The summed E-state index contributed by atoms with van der Waals surface area (Å²) >= 11 is 0. The first-order valence-electron chi connectivity index (χ1n) is 5.82. The molecule has 1 rings (SSSR count). The Balaban J connectivity index is 2.51. The molecule has 0 saturated carbocycles. The summed E-state index contributed by atoms with van der Waals surface area (Å²) in [4.78, 5) is 22.8. The molecule has 6 nitrogen and oxygen atoms in total. The van der Waals surface area contributed by atoms with Crippen molar-refractivity contribution in [3.05, 3.63) is 0 Å². The summed E-state index contributed by atoms with van der Waals surface area (Å²) in [7, 11) is -5.24. The molecule has 0 aromatic carbocycles. The van der Waals surface area contributed by atoms with Crippen LogP contribution in [-0.4, -0.2) is 44.6 Å². The van der Waals surface area contributed by atoms with Gasteiger partial charge in [0.25, 0.3) is 0 Å². The van der Waals surface area contributed by atoms with Crippen molar-refractivity contribution >= 4 is 21.7 Å². The molecule has 116 valence electrons. The van der Waals surface area contributed by atoms with Gasteiger partial charge in [-0.1, -0.05) is 0 Å². The zero-order valence-electron chi connectivity index (χ0n) is 10.7. The Bertz CT molecular complexity index is 491. The van der Waals surface area contributed by atoms with Crippen molar-refractivity contribution < 1.29 is 31.2 Å². The third-order valence-electron chi connectivity index (χ3n) is 3.14. The Labute approximate surface area is 114 Å². The molecule has 0 spiro atoms. The Morgan fingerprint density at radius 1 is 1.45 bits per heavy atom. The van der Waals surface area contributed by atoms with Crippen LogP contribution in [0.5, 0.6) is 0 Å². The number of rotatable bonds is 4. The Morgan fingerprint density at radius 2 is 2.05 bits per heavy atom. The van der Waals surface area contributed by atoms with Crippen molar-refractivity contribution in [2.45, 2.75) is 25.3 Å². The third-order valence-corrected chi connectivity index (χ3v) is 4.58. The average molecular weight is 316 g/mol. The molecule has 2 N–H and O–H groups in total. The average Bonchev–Trinajstić information content (AvgIpc) is 2.31. The Hall–Kier alpha value is -1.32. The summed E-state index contributed by atoms with van der Waals surface area (Å²) in [6, 6.07) is 0. The van der Waals surface area contributed by atoms with Gasteiger partial charge in [0.1, 0.15) is 0 Å². The van der Waals surface area contributed by atoms with E-state index in [1.807, 2.05) is 0 Å². The number of carbonyl (C=O) groups is 2. The monoisotopic (exact) mass is 316 g/mol. The van der Waals surface area contributed by atoms with Crippen LogP contribution in [0.2, 0.25) is 0 Å². The number of amides is 2. The van der Waals surface area contributed by atoms with Crippen LogP contribution in [0.15, 0.2) is 0 Å². The van der Waals surface area contributed by atoms with Crippen molar-refractivity contribution in [1.29, 1.82) is 0 Å². The molecular formula is C10H15F3N2O4S. The number of hydrogen-bond acceptors (Lipinski definition) is 4. The predicted molar refractivity (Wildman–Crippen MR) is 63.2 cm³/mol. The molecule has 0 aliphatic carbocycles. The van der Waals surface area contributed by atoms with Crippen LogP contribution in [-0.2, 0) is 19.4 Å². The minimum absolute atomic E-state index is 0.0731. The lowest BCUT2D eigenvalue weighted by Gasteiger charge is -2.32. The van der Waals surface area contributed by atoms with Crippen molar-refractivity contribution in [3.63, 3.8) is 0 Å². The number of hydrogen-bond donors (Lipinski definition) is 2. The zero-order valence-corrected chi connectivity index (χ0v) is 11.5. The second kappa shape index (κ2) is 5.58. The van der Waals surface area contributed by atoms with Gasteiger partial charge in [0.15, 0.2) is 0 Å². The number of nitrogens with one attached hydrogen (secondary N) is 2. The molecule has 10 heteroatoms. The minimum atomic E-state index is -5.32. The smallest absolute Gasteiger partial charge is 0.355 e. The van der Waals surface area contributed by atoms with Gasteiger partial charge in [-0.25, -0.2) is 8.42 Å². The maximum Gasteiger partial charge on any atom is 0.497 e. The molecule has 1 aliphatic heterocycles. The van der Waals surface area contributed by atoms with Gasteiger partial charge in [-0.3, -0.25) is 9.59 Å². The van der Waals surface area contributed by atoms with Gasteiger partial charge in [-0.15, -0.1) is 0 Å². The fourth-order valence-corrected chi connectivity index (χ4v) is 2.28. The van der Waals surface area contributed by atoms with Crippen LogP contribution in [0, 0.1) is 5.41 Å². The SMILES string of the molecule is CC1(C(=O)NCCS(=O)(=O)C(F)(F)F)CCC(=O)NC1. The second-order valence-corrected chi connectivity index (χ2v) is 6.96. The Kier molecular flexibility index (Phi) is 4.67. The highest BCUT2D eigenvalue weighted by atomic mass is 32.2. The number of sulfone groups is 1. The number of halogens is 3. The number of alkyl halides is 3. The van der Waals surface area contributed by atoms with Gasteiger partial charge in [0, 0.05) is 19.5 Å². The third kappa shape index (κ3) is 3.84. The lowest BCUT2D eigenvalue weighted by atomic mass is 9.81. The van der Waals surface area contributed by atoms with E-state index >= 15 is 0 Å². The Morgan fingerprint density at radius 3 is 2.50 bits per heavy atom. The van der Waals surface area contributed by atoms with E-state index in [2.05, 4.69) is 10.6 Å². The molecule has 1 aliphatic rings. The summed E-state index contributed by atoms with van der Waals surface area (Å²) in [5.74, 6) is -1.98. The zero-order chi connectivity index (χ0) is 15.6. The number of carbonyl (C=O) groups excluding carboxylic acids is 2. The normalized spacial score (nSPS) is 24.1. The van der Waals surface area contributed by atoms with Crippen LogP contribution in [0.4, 0.5) is 13.2 Å². The highest BCUT2D eigenvalue weighted by Gasteiger charge is 2.45. The summed E-state index contributed by atoms with van der Waals surface area (Å²) in [5.41, 5.74) is -6.25. The minimum Gasteiger partial charge on any atom is -0.355 e. The van der Waals surface area contributed by atoms with E-state index in [1.54, 1.807) is 6.92 Å². The van der Waals surface area contributed by atoms with Crippen molar-refractivity contribution in [3.8, 4) is 0 Å². The lowest BCUT2D eigenvalue weighted by Crippen LogP contribution is -2.51. The first-order valence-corrected chi connectivity index (χ1v) is 7.47. The second-order valence-electron chi connectivity index (χ2n) is 4.86.